The second kappa shape index (κ2) is 8.82. The van der Waals surface area contributed by atoms with Crippen LogP contribution in [0.4, 0.5) is 5.13 Å². The first-order chi connectivity index (χ1) is 10.1. The van der Waals surface area contributed by atoms with Crippen LogP contribution in [0.2, 0.25) is 0 Å². The van der Waals surface area contributed by atoms with Crippen molar-refractivity contribution in [1.29, 1.82) is 0 Å². The maximum Gasteiger partial charge on any atom is 0.230 e. The van der Waals surface area contributed by atoms with E-state index in [1.54, 1.807) is 0 Å². The number of carbonyl (C=O) groups is 1. The summed E-state index contributed by atoms with van der Waals surface area (Å²) in [7, 11) is 0. The lowest BCUT2D eigenvalue weighted by molar-refractivity contribution is -0.120. The Bertz CT molecular complexity index is 590. The summed E-state index contributed by atoms with van der Waals surface area (Å²) in [5, 5.41) is 12.3. The first-order valence-electron chi connectivity index (χ1n) is 7.05. The van der Waals surface area contributed by atoms with Crippen molar-refractivity contribution in [3.63, 3.8) is 0 Å². The van der Waals surface area contributed by atoms with E-state index < -0.39 is 0 Å². The van der Waals surface area contributed by atoms with Crippen molar-refractivity contribution >= 4 is 34.8 Å². The molecule has 0 aliphatic carbocycles. The first-order valence-corrected chi connectivity index (χ1v) is 7.87. The molecule has 0 spiro atoms. The molecule has 22 heavy (non-hydrogen) atoms. The largest absolute Gasteiger partial charge is 0.323 e. The number of anilines is 1. The molecule has 2 atom stereocenters. The van der Waals surface area contributed by atoms with Gasteiger partial charge in [0, 0.05) is 12.5 Å². The Balaban J connectivity index is 0.00000242. The average Bonchev–Trinajstić information content (AvgIpc) is 2.94. The predicted molar refractivity (Wildman–Crippen MR) is 92.3 cm³/mol. The van der Waals surface area contributed by atoms with E-state index in [0.717, 1.165) is 23.4 Å². The lowest BCUT2D eigenvalue weighted by Crippen LogP contribution is -2.30. The van der Waals surface area contributed by atoms with Crippen LogP contribution in [0, 0.1) is 5.92 Å². The molecule has 0 bridgehead atoms. The second-order valence-electron chi connectivity index (χ2n) is 4.97. The Labute approximate surface area is 140 Å². The van der Waals surface area contributed by atoms with E-state index in [1.165, 1.54) is 11.3 Å². The number of aryl methyl sites for hydroxylation is 1. The number of hydrogen-bond acceptors (Lipinski definition) is 5. The van der Waals surface area contributed by atoms with Crippen LogP contribution in [-0.2, 0) is 11.2 Å². The molecule has 0 radical (unpaired) electrons. The molecule has 0 aliphatic heterocycles. The fraction of sp³-hybridized carbons (Fsp3) is 0.400. The maximum atomic E-state index is 12.2. The smallest absolute Gasteiger partial charge is 0.230 e. The van der Waals surface area contributed by atoms with Gasteiger partial charge in [-0.2, -0.15) is 0 Å². The normalized spacial score (nSPS) is 13.0. The lowest BCUT2D eigenvalue weighted by Gasteiger charge is -2.18. The van der Waals surface area contributed by atoms with Crippen LogP contribution in [0.5, 0.6) is 0 Å². The van der Waals surface area contributed by atoms with Crippen LogP contribution in [0.1, 0.15) is 36.9 Å². The number of amides is 1. The van der Waals surface area contributed by atoms with Crippen molar-refractivity contribution < 1.29 is 4.79 Å². The molecule has 0 aliphatic rings. The summed E-state index contributed by atoms with van der Waals surface area (Å²) in [6.07, 6.45) is 1.89. The number of halogens is 1. The van der Waals surface area contributed by atoms with Crippen molar-refractivity contribution in [3.05, 3.63) is 40.9 Å². The molecule has 1 heterocycles. The Morgan fingerprint density at radius 2 is 2.00 bits per heavy atom. The van der Waals surface area contributed by atoms with E-state index in [1.807, 2.05) is 37.3 Å². The van der Waals surface area contributed by atoms with Gasteiger partial charge in [0.25, 0.3) is 0 Å². The summed E-state index contributed by atoms with van der Waals surface area (Å²) in [5.41, 5.74) is 7.10. The van der Waals surface area contributed by atoms with E-state index in [-0.39, 0.29) is 30.3 Å². The highest BCUT2D eigenvalue weighted by atomic mass is 35.5. The first kappa shape index (κ1) is 18.5. The minimum Gasteiger partial charge on any atom is -0.323 e. The molecule has 2 aromatic rings. The highest BCUT2D eigenvalue weighted by molar-refractivity contribution is 7.15. The minimum atomic E-state index is -0.342. The fourth-order valence-corrected chi connectivity index (χ4v) is 2.81. The molecule has 0 saturated heterocycles. The number of rotatable bonds is 6. The molecule has 0 saturated carbocycles. The number of benzene rings is 1. The summed E-state index contributed by atoms with van der Waals surface area (Å²) in [4.78, 5) is 12.2. The molecule has 2 unspecified atom stereocenters. The molecule has 7 heteroatoms. The summed E-state index contributed by atoms with van der Waals surface area (Å²) >= 11 is 1.42. The Hall–Kier alpha value is -1.50. The SMILES string of the molecule is CCCc1nnc(NC(=O)C(C)C(N)c2ccccc2)s1.Cl. The lowest BCUT2D eigenvalue weighted by atomic mass is 9.95. The zero-order valence-corrected chi connectivity index (χ0v) is 14.3. The molecule has 120 valence electrons. The molecular formula is C15H21ClN4OS. The van der Waals surface area contributed by atoms with Crippen molar-refractivity contribution in [1.82, 2.24) is 10.2 Å². The molecule has 1 amide bonds. The van der Waals surface area contributed by atoms with Crippen LogP contribution in [-0.4, -0.2) is 16.1 Å². The van der Waals surface area contributed by atoms with Crippen molar-refractivity contribution in [2.75, 3.05) is 5.32 Å². The van der Waals surface area contributed by atoms with Crippen molar-refractivity contribution in [3.8, 4) is 0 Å². The standard InChI is InChI=1S/C15H20N4OS.ClH/c1-3-7-12-18-19-15(21-12)17-14(20)10(2)13(16)11-8-5-4-6-9-11;/h4-6,8-10,13H,3,7,16H2,1-2H3,(H,17,19,20);1H. The summed E-state index contributed by atoms with van der Waals surface area (Å²) in [6, 6.07) is 9.28. The van der Waals surface area contributed by atoms with Gasteiger partial charge in [-0.1, -0.05) is 55.5 Å². The third-order valence-electron chi connectivity index (χ3n) is 3.30. The van der Waals surface area contributed by atoms with Gasteiger partial charge in [-0.15, -0.1) is 22.6 Å². The monoisotopic (exact) mass is 340 g/mol. The Morgan fingerprint density at radius 3 is 2.64 bits per heavy atom. The average molecular weight is 341 g/mol. The van der Waals surface area contributed by atoms with Gasteiger partial charge in [-0.25, -0.2) is 0 Å². The maximum absolute atomic E-state index is 12.2. The summed E-state index contributed by atoms with van der Waals surface area (Å²) in [5.74, 6) is -0.475. The highest BCUT2D eigenvalue weighted by Crippen LogP contribution is 2.22. The van der Waals surface area contributed by atoms with Crippen molar-refractivity contribution in [2.24, 2.45) is 11.7 Å². The van der Waals surface area contributed by atoms with Gasteiger partial charge in [0.05, 0.1) is 5.92 Å². The van der Waals surface area contributed by atoms with Gasteiger partial charge in [-0.3, -0.25) is 4.79 Å². The molecule has 0 fully saturated rings. The van der Waals surface area contributed by atoms with E-state index in [4.69, 9.17) is 5.73 Å². The van der Waals surface area contributed by atoms with Gasteiger partial charge in [0.15, 0.2) is 0 Å². The van der Waals surface area contributed by atoms with E-state index in [2.05, 4.69) is 22.4 Å². The number of nitrogens with zero attached hydrogens (tertiary/aromatic N) is 2. The molecular weight excluding hydrogens is 320 g/mol. The highest BCUT2D eigenvalue weighted by Gasteiger charge is 2.23. The van der Waals surface area contributed by atoms with Crippen LogP contribution in [0.3, 0.4) is 0 Å². The van der Waals surface area contributed by atoms with Crippen LogP contribution in [0.15, 0.2) is 30.3 Å². The second-order valence-corrected chi connectivity index (χ2v) is 6.03. The van der Waals surface area contributed by atoms with E-state index in [0.29, 0.717) is 5.13 Å². The summed E-state index contributed by atoms with van der Waals surface area (Å²) < 4.78 is 0. The van der Waals surface area contributed by atoms with Gasteiger partial charge in [0.1, 0.15) is 5.01 Å². The number of hydrogen-bond donors (Lipinski definition) is 2. The number of carbonyl (C=O) groups excluding carboxylic acids is 1. The number of nitrogens with one attached hydrogen (secondary N) is 1. The van der Waals surface area contributed by atoms with Gasteiger partial charge >= 0.3 is 0 Å². The molecule has 5 nitrogen and oxygen atoms in total. The van der Waals surface area contributed by atoms with E-state index >= 15 is 0 Å². The molecule has 3 N–H and O–H groups in total. The summed E-state index contributed by atoms with van der Waals surface area (Å²) in [6.45, 7) is 3.90. The zero-order chi connectivity index (χ0) is 15.2. The Kier molecular flexibility index (Phi) is 7.44. The third-order valence-corrected chi connectivity index (χ3v) is 4.20. The minimum absolute atomic E-state index is 0. The Morgan fingerprint density at radius 1 is 1.32 bits per heavy atom. The number of nitrogens with two attached hydrogens (primary N) is 1. The van der Waals surface area contributed by atoms with Gasteiger partial charge < -0.3 is 11.1 Å². The van der Waals surface area contributed by atoms with Crippen LogP contribution >= 0.6 is 23.7 Å². The van der Waals surface area contributed by atoms with Crippen LogP contribution in [0.25, 0.3) is 0 Å². The van der Waals surface area contributed by atoms with Gasteiger partial charge in [-0.05, 0) is 12.0 Å². The number of aromatic nitrogens is 2. The molecule has 1 aromatic carbocycles. The fourth-order valence-electron chi connectivity index (χ4n) is 1.97. The predicted octanol–water partition coefficient (Wildman–Crippen LogP) is 3.19. The van der Waals surface area contributed by atoms with Gasteiger partial charge in [0.2, 0.25) is 11.0 Å². The van der Waals surface area contributed by atoms with E-state index in [9.17, 15) is 4.79 Å². The van der Waals surface area contributed by atoms with Crippen molar-refractivity contribution in [2.45, 2.75) is 32.7 Å². The van der Waals surface area contributed by atoms with Crippen LogP contribution < -0.4 is 11.1 Å². The third kappa shape index (κ3) is 4.76. The zero-order valence-electron chi connectivity index (χ0n) is 12.7. The quantitative estimate of drug-likeness (QED) is 0.846. The molecule has 2 rings (SSSR count). The topological polar surface area (TPSA) is 80.9 Å². The molecule has 1 aromatic heterocycles.